The van der Waals surface area contributed by atoms with Gasteiger partial charge < -0.3 is 19.5 Å². The van der Waals surface area contributed by atoms with E-state index < -0.39 is 12.1 Å². The molecule has 1 aromatic heterocycles. The molecule has 0 fully saturated rings. The Hall–Kier alpha value is -3.12. The van der Waals surface area contributed by atoms with Crippen molar-refractivity contribution in [1.82, 2.24) is 4.57 Å². The Bertz CT molecular complexity index is 1050. The Morgan fingerprint density at radius 2 is 1.83 bits per heavy atom. The summed E-state index contributed by atoms with van der Waals surface area (Å²) in [5, 5.41) is 22.1. The normalized spacial score (nSPS) is 13.1. The van der Waals surface area contributed by atoms with Gasteiger partial charge in [-0.15, -0.1) is 0 Å². The van der Waals surface area contributed by atoms with Crippen molar-refractivity contribution in [3.63, 3.8) is 0 Å². The SMILES string of the molecule is COC(=O)C=C(O)CC(O)c1c(-c2ccc(F)cc2)c2ccccc2n1C(C)C. The van der Waals surface area contributed by atoms with Gasteiger partial charge >= 0.3 is 5.97 Å². The van der Waals surface area contributed by atoms with Crippen LogP contribution in [0.25, 0.3) is 22.0 Å². The zero-order chi connectivity index (χ0) is 21.1. The van der Waals surface area contributed by atoms with Crippen molar-refractivity contribution in [2.24, 2.45) is 0 Å². The molecule has 1 heterocycles. The molecular weight excluding hydrogens is 373 g/mol. The average molecular weight is 397 g/mol. The number of rotatable bonds is 6. The number of methoxy groups -OCH3 is 1. The third-order valence-corrected chi connectivity index (χ3v) is 4.80. The number of aromatic nitrogens is 1. The van der Waals surface area contributed by atoms with Gasteiger partial charge in [-0.1, -0.05) is 30.3 Å². The van der Waals surface area contributed by atoms with E-state index in [1.54, 1.807) is 12.1 Å². The summed E-state index contributed by atoms with van der Waals surface area (Å²) < 4.78 is 20.0. The van der Waals surface area contributed by atoms with Crippen LogP contribution in [0.2, 0.25) is 0 Å². The van der Waals surface area contributed by atoms with Crippen LogP contribution in [0.15, 0.2) is 60.4 Å². The Kier molecular flexibility index (Phi) is 6.03. The monoisotopic (exact) mass is 397 g/mol. The number of ether oxygens (including phenoxy) is 1. The Balaban J connectivity index is 2.22. The second kappa shape index (κ2) is 8.49. The molecule has 0 saturated carbocycles. The van der Waals surface area contributed by atoms with Gasteiger partial charge in [0.05, 0.1) is 18.9 Å². The maximum absolute atomic E-state index is 13.5. The van der Waals surface area contributed by atoms with Crippen LogP contribution in [-0.2, 0) is 9.53 Å². The fourth-order valence-electron chi connectivity index (χ4n) is 3.64. The van der Waals surface area contributed by atoms with Crippen LogP contribution < -0.4 is 0 Å². The van der Waals surface area contributed by atoms with Gasteiger partial charge in [0, 0.05) is 28.9 Å². The minimum Gasteiger partial charge on any atom is -0.512 e. The maximum atomic E-state index is 13.5. The molecule has 3 aromatic rings. The molecule has 2 N–H and O–H groups in total. The molecule has 0 saturated heterocycles. The number of aliphatic hydroxyl groups is 2. The molecule has 0 aliphatic carbocycles. The lowest BCUT2D eigenvalue weighted by Crippen LogP contribution is -2.12. The number of nitrogens with zero attached hydrogens (tertiary/aromatic N) is 1. The Morgan fingerprint density at radius 3 is 2.45 bits per heavy atom. The van der Waals surface area contributed by atoms with E-state index >= 15 is 0 Å². The molecule has 0 spiro atoms. The van der Waals surface area contributed by atoms with Crippen molar-refractivity contribution in [2.45, 2.75) is 32.4 Å². The highest BCUT2D eigenvalue weighted by Gasteiger charge is 2.26. The van der Waals surface area contributed by atoms with Crippen LogP contribution in [-0.4, -0.2) is 27.9 Å². The van der Waals surface area contributed by atoms with Gasteiger partial charge in [0.1, 0.15) is 17.7 Å². The van der Waals surface area contributed by atoms with E-state index in [0.717, 1.165) is 28.1 Å². The Labute approximate surface area is 168 Å². The highest BCUT2D eigenvalue weighted by molar-refractivity contribution is 5.98. The molecule has 5 nitrogen and oxygen atoms in total. The number of halogens is 1. The summed E-state index contributed by atoms with van der Waals surface area (Å²) in [6, 6.07) is 13.8. The molecule has 0 aliphatic heterocycles. The summed E-state index contributed by atoms with van der Waals surface area (Å²) in [5.41, 5.74) is 3.05. The zero-order valence-electron chi connectivity index (χ0n) is 16.6. The minimum atomic E-state index is -1.09. The summed E-state index contributed by atoms with van der Waals surface area (Å²) in [4.78, 5) is 11.4. The van der Waals surface area contributed by atoms with Crippen molar-refractivity contribution in [3.05, 3.63) is 71.9 Å². The molecule has 3 rings (SSSR count). The molecule has 0 radical (unpaired) electrons. The second-order valence-corrected chi connectivity index (χ2v) is 7.13. The number of hydrogen-bond acceptors (Lipinski definition) is 4. The van der Waals surface area contributed by atoms with Crippen LogP contribution in [0.3, 0.4) is 0 Å². The van der Waals surface area contributed by atoms with Crippen LogP contribution in [0.4, 0.5) is 4.39 Å². The van der Waals surface area contributed by atoms with Gasteiger partial charge in [0.25, 0.3) is 0 Å². The summed E-state index contributed by atoms with van der Waals surface area (Å²) in [7, 11) is 1.21. The maximum Gasteiger partial charge on any atom is 0.333 e. The van der Waals surface area contributed by atoms with Gasteiger partial charge in [-0.3, -0.25) is 0 Å². The van der Waals surface area contributed by atoms with E-state index in [-0.39, 0.29) is 24.0 Å². The van der Waals surface area contributed by atoms with Crippen molar-refractivity contribution >= 4 is 16.9 Å². The van der Waals surface area contributed by atoms with E-state index in [9.17, 15) is 19.4 Å². The predicted molar refractivity (Wildman–Crippen MR) is 110 cm³/mol. The number of para-hydroxylation sites is 1. The van der Waals surface area contributed by atoms with Gasteiger partial charge in [0.2, 0.25) is 0 Å². The zero-order valence-corrected chi connectivity index (χ0v) is 16.6. The largest absolute Gasteiger partial charge is 0.512 e. The molecule has 1 atom stereocenters. The highest BCUT2D eigenvalue weighted by atomic mass is 19.1. The Morgan fingerprint density at radius 1 is 1.17 bits per heavy atom. The lowest BCUT2D eigenvalue weighted by atomic mass is 9.98. The first-order valence-electron chi connectivity index (χ1n) is 9.37. The quantitative estimate of drug-likeness (QED) is 0.346. The standard InChI is InChI=1S/C23H24FNO4/c1-14(2)25-19-7-5-4-6-18(19)22(15-8-10-16(24)11-9-15)23(25)20(27)12-17(26)13-21(28)29-3/h4-11,13-14,20,26-27H,12H2,1-3H3. The van der Waals surface area contributed by atoms with E-state index in [1.807, 2.05) is 42.7 Å². The average Bonchev–Trinajstić information content (AvgIpc) is 3.04. The number of fused-ring (bicyclic) bond motifs is 1. The molecule has 0 bridgehead atoms. The molecule has 29 heavy (non-hydrogen) atoms. The number of hydrogen-bond donors (Lipinski definition) is 2. The lowest BCUT2D eigenvalue weighted by Gasteiger charge is -2.20. The molecule has 1 unspecified atom stereocenters. The first-order chi connectivity index (χ1) is 13.8. The third kappa shape index (κ3) is 4.17. The van der Waals surface area contributed by atoms with Gasteiger partial charge in [-0.2, -0.15) is 0 Å². The summed E-state index contributed by atoms with van der Waals surface area (Å²) in [5.74, 6) is -1.32. The lowest BCUT2D eigenvalue weighted by molar-refractivity contribution is -0.135. The highest BCUT2D eigenvalue weighted by Crippen LogP contribution is 2.41. The number of esters is 1. The van der Waals surface area contributed by atoms with E-state index in [2.05, 4.69) is 4.74 Å². The first-order valence-corrected chi connectivity index (χ1v) is 9.37. The topological polar surface area (TPSA) is 71.7 Å². The van der Waals surface area contributed by atoms with Crippen molar-refractivity contribution in [3.8, 4) is 11.1 Å². The van der Waals surface area contributed by atoms with Crippen LogP contribution in [0, 0.1) is 5.82 Å². The fourth-order valence-corrected chi connectivity index (χ4v) is 3.64. The first kappa shape index (κ1) is 20.6. The summed E-state index contributed by atoms with van der Waals surface area (Å²) in [6.45, 7) is 4.00. The van der Waals surface area contributed by atoms with Crippen LogP contribution in [0.1, 0.15) is 38.1 Å². The smallest absolute Gasteiger partial charge is 0.333 e. The molecule has 2 aromatic carbocycles. The van der Waals surface area contributed by atoms with Crippen molar-refractivity contribution in [2.75, 3.05) is 7.11 Å². The number of carbonyl (C=O) groups excluding carboxylic acids is 1. The van der Waals surface area contributed by atoms with Gasteiger partial charge in [-0.25, -0.2) is 9.18 Å². The summed E-state index contributed by atoms with van der Waals surface area (Å²) in [6.07, 6.45) is -0.305. The molecule has 0 amide bonds. The predicted octanol–water partition coefficient (Wildman–Crippen LogP) is 5.07. The summed E-state index contributed by atoms with van der Waals surface area (Å²) >= 11 is 0. The molecule has 0 aliphatic rings. The van der Waals surface area contributed by atoms with Gasteiger partial charge in [0.15, 0.2) is 0 Å². The van der Waals surface area contributed by atoms with Gasteiger partial charge in [-0.05, 0) is 37.6 Å². The third-order valence-electron chi connectivity index (χ3n) is 4.80. The van der Waals surface area contributed by atoms with Crippen LogP contribution in [0.5, 0.6) is 0 Å². The molecule has 6 heteroatoms. The number of benzene rings is 2. The number of carbonyl (C=O) groups is 1. The number of aliphatic hydroxyl groups excluding tert-OH is 2. The second-order valence-electron chi connectivity index (χ2n) is 7.13. The van der Waals surface area contributed by atoms with E-state index in [1.165, 1.54) is 19.2 Å². The molecular formula is C23H24FNO4. The van der Waals surface area contributed by atoms with E-state index in [0.29, 0.717) is 5.69 Å². The van der Waals surface area contributed by atoms with E-state index in [4.69, 9.17) is 0 Å². The minimum absolute atomic E-state index is 0.0190. The molecule has 152 valence electrons. The van der Waals surface area contributed by atoms with Crippen molar-refractivity contribution in [1.29, 1.82) is 0 Å². The fraction of sp³-hybridized carbons (Fsp3) is 0.261. The van der Waals surface area contributed by atoms with Crippen LogP contribution >= 0.6 is 0 Å². The van der Waals surface area contributed by atoms with Crippen molar-refractivity contribution < 1.29 is 24.1 Å².